The second-order valence-electron chi connectivity index (χ2n) is 9.59. The van der Waals surface area contributed by atoms with Crippen LogP contribution in [0.4, 0.5) is 5.69 Å². The number of nitrogens with two attached hydrogens (primary N) is 1. The Morgan fingerprint density at radius 2 is 1.88 bits per heavy atom. The molecule has 2 saturated heterocycles. The molecular weight excluding hydrogens is 456 g/mol. The molecule has 0 aromatic heterocycles. The zero-order valence-electron chi connectivity index (χ0n) is 20.3. The fourth-order valence-corrected chi connectivity index (χ4v) is 6.19. The van der Waals surface area contributed by atoms with Gasteiger partial charge in [-0.3, -0.25) is 14.5 Å². The van der Waals surface area contributed by atoms with Crippen LogP contribution in [0.3, 0.4) is 0 Å². The molecule has 0 aliphatic carbocycles. The SMILES string of the molecule is CC(C)Oc1ccc(S(=O)(=O)N2CCCCC2)cc1NC(=O)CN1CCCC(CCC(N)=O)C1. The van der Waals surface area contributed by atoms with Crippen molar-refractivity contribution in [2.75, 3.05) is 38.0 Å². The summed E-state index contributed by atoms with van der Waals surface area (Å²) >= 11 is 0. The van der Waals surface area contributed by atoms with Crippen LogP contribution in [0, 0.1) is 5.92 Å². The lowest BCUT2D eigenvalue weighted by molar-refractivity contribution is -0.119. The normalized spacial score (nSPS) is 20.3. The number of rotatable bonds is 10. The van der Waals surface area contributed by atoms with Crippen molar-refractivity contribution in [3.63, 3.8) is 0 Å². The second kappa shape index (κ2) is 12.0. The molecule has 1 atom stereocenters. The minimum absolute atomic E-state index is 0.131. The number of carbonyl (C=O) groups excluding carboxylic acids is 2. The maximum atomic E-state index is 13.2. The summed E-state index contributed by atoms with van der Waals surface area (Å²) in [5, 5.41) is 2.88. The van der Waals surface area contributed by atoms with E-state index in [-0.39, 0.29) is 29.4 Å². The number of hydrogen-bond acceptors (Lipinski definition) is 6. The van der Waals surface area contributed by atoms with Crippen LogP contribution < -0.4 is 15.8 Å². The Balaban J connectivity index is 1.71. The first-order valence-electron chi connectivity index (χ1n) is 12.3. The smallest absolute Gasteiger partial charge is 0.243 e. The Hall–Kier alpha value is -2.17. The molecule has 3 N–H and O–H groups in total. The van der Waals surface area contributed by atoms with Gasteiger partial charge >= 0.3 is 0 Å². The molecule has 10 heteroatoms. The zero-order chi connectivity index (χ0) is 24.7. The van der Waals surface area contributed by atoms with Gasteiger partial charge in [0.1, 0.15) is 5.75 Å². The van der Waals surface area contributed by atoms with Crippen molar-refractivity contribution in [1.29, 1.82) is 0 Å². The average molecular weight is 495 g/mol. The number of piperidine rings is 2. The first-order valence-corrected chi connectivity index (χ1v) is 13.7. The van der Waals surface area contributed by atoms with Crippen LogP contribution in [0.5, 0.6) is 5.75 Å². The summed E-state index contributed by atoms with van der Waals surface area (Å²) in [5.74, 6) is 0.259. The Bertz CT molecular complexity index is 960. The first kappa shape index (κ1) is 26.4. The largest absolute Gasteiger partial charge is 0.489 e. The van der Waals surface area contributed by atoms with Crippen molar-refractivity contribution in [2.24, 2.45) is 11.7 Å². The summed E-state index contributed by atoms with van der Waals surface area (Å²) in [6.07, 6.45) is 5.69. The van der Waals surface area contributed by atoms with Crippen LogP contribution in [-0.2, 0) is 19.6 Å². The molecule has 2 heterocycles. The lowest BCUT2D eigenvalue weighted by Crippen LogP contribution is -2.40. The predicted molar refractivity (Wildman–Crippen MR) is 131 cm³/mol. The number of likely N-dealkylation sites (tertiary alicyclic amines) is 1. The first-order chi connectivity index (χ1) is 16.1. The molecule has 0 spiro atoms. The predicted octanol–water partition coefficient (Wildman–Crippen LogP) is 2.56. The molecular formula is C24H38N4O5S. The van der Waals surface area contributed by atoms with Gasteiger partial charge in [0.15, 0.2) is 0 Å². The second-order valence-corrected chi connectivity index (χ2v) is 11.5. The van der Waals surface area contributed by atoms with Crippen molar-refractivity contribution >= 4 is 27.5 Å². The fraction of sp³-hybridized carbons (Fsp3) is 0.667. The van der Waals surface area contributed by atoms with E-state index in [1.807, 2.05) is 13.8 Å². The third-order valence-corrected chi connectivity index (χ3v) is 8.20. The molecule has 9 nitrogen and oxygen atoms in total. The summed E-state index contributed by atoms with van der Waals surface area (Å²) in [5.41, 5.74) is 5.64. The van der Waals surface area contributed by atoms with Crippen LogP contribution in [0.25, 0.3) is 0 Å². The van der Waals surface area contributed by atoms with Crippen LogP contribution >= 0.6 is 0 Å². The Kier molecular flexibility index (Phi) is 9.32. The van der Waals surface area contributed by atoms with Crippen molar-refractivity contribution in [2.45, 2.75) is 69.8 Å². The number of ether oxygens (including phenoxy) is 1. The summed E-state index contributed by atoms with van der Waals surface area (Å²) in [4.78, 5) is 26.2. The molecule has 1 aromatic carbocycles. The number of nitrogens with one attached hydrogen (secondary N) is 1. The minimum Gasteiger partial charge on any atom is -0.489 e. The van der Waals surface area contributed by atoms with Crippen LogP contribution in [0.15, 0.2) is 23.1 Å². The molecule has 2 fully saturated rings. The molecule has 0 bridgehead atoms. The third kappa shape index (κ3) is 7.41. The van der Waals surface area contributed by atoms with Gasteiger partial charge in [-0.2, -0.15) is 4.31 Å². The maximum Gasteiger partial charge on any atom is 0.243 e. The molecule has 0 radical (unpaired) electrons. The van der Waals surface area contributed by atoms with E-state index >= 15 is 0 Å². The zero-order valence-corrected chi connectivity index (χ0v) is 21.1. The molecule has 2 aliphatic rings. The van der Waals surface area contributed by atoms with Gasteiger partial charge in [-0.05, 0) is 76.6 Å². The van der Waals surface area contributed by atoms with E-state index < -0.39 is 10.0 Å². The number of primary amides is 1. The van der Waals surface area contributed by atoms with Crippen LogP contribution in [0.2, 0.25) is 0 Å². The van der Waals surface area contributed by atoms with Crippen molar-refractivity contribution < 1.29 is 22.7 Å². The van der Waals surface area contributed by atoms with Crippen molar-refractivity contribution in [3.05, 3.63) is 18.2 Å². The number of benzene rings is 1. The van der Waals surface area contributed by atoms with E-state index in [1.54, 1.807) is 12.1 Å². The van der Waals surface area contributed by atoms with Gasteiger partial charge in [-0.25, -0.2) is 8.42 Å². The molecule has 190 valence electrons. The monoisotopic (exact) mass is 494 g/mol. The molecule has 3 rings (SSSR count). The Labute approximate surface area is 203 Å². The third-order valence-electron chi connectivity index (χ3n) is 6.31. The van der Waals surface area contributed by atoms with E-state index in [2.05, 4.69) is 10.2 Å². The van der Waals surface area contributed by atoms with E-state index in [4.69, 9.17) is 10.5 Å². The highest BCUT2D eigenvalue weighted by Crippen LogP contribution is 2.31. The molecule has 2 amide bonds. The van der Waals surface area contributed by atoms with Gasteiger partial charge in [0.05, 0.1) is 23.2 Å². The minimum atomic E-state index is -3.64. The average Bonchev–Trinajstić information content (AvgIpc) is 2.79. The number of carbonyl (C=O) groups is 2. The lowest BCUT2D eigenvalue weighted by atomic mass is 9.93. The summed E-state index contributed by atoms with van der Waals surface area (Å²) < 4.78 is 33.7. The van der Waals surface area contributed by atoms with Gasteiger partial charge < -0.3 is 15.8 Å². The van der Waals surface area contributed by atoms with E-state index in [1.165, 1.54) is 10.4 Å². The quantitative estimate of drug-likeness (QED) is 0.516. The summed E-state index contributed by atoms with van der Waals surface area (Å²) in [6.45, 7) is 6.52. The summed E-state index contributed by atoms with van der Waals surface area (Å²) in [6, 6.07) is 4.67. The van der Waals surface area contributed by atoms with Crippen LogP contribution in [0.1, 0.15) is 58.8 Å². The molecule has 2 aliphatic heterocycles. The van der Waals surface area contributed by atoms with Gasteiger partial charge in [-0.15, -0.1) is 0 Å². The van der Waals surface area contributed by atoms with E-state index in [9.17, 15) is 18.0 Å². The van der Waals surface area contributed by atoms with Gasteiger partial charge in [0, 0.05) is 26.1 Å². The highest BCUT2D eigenvalue weighted by molar-refractivity contribution is 7.89. The molecule has 0 saturated carbocycles. The van der Waals surface area contributed by atoms with Gasteiger partial charge in [0.2, 0.25) is 21.8 Å². The van der Waals surface area contributed by atoms with Gasteiger partial charge in [0.25, 0.3) is 0 Å². The lowest BCUT2D eigenvalue weighted by Gasteiger charge is -2.32. The topological polar surface area (TPSA) is 122 Å². The highest BCUT2D eigenvalue weighted by Gasteiger charge is 2.28. The molecule has 1 aromatic rings. The molecule has 34 heavy (non-hydrogen) atoms. The number of sulfonamides is 1. The van der Waals surface area contributed by atoms with E-state index in [0.29, 0.717) is 36.9 Å². The number of nitrogens with zero attached hydrogens (tertiary/aromatic N) is 2. The van der Waals surface area contributed by atoms with Gasteiger partial charge in [-0.1, -0.05) is 6.42 Å². The number of hydrogen-bond donors (Lipinski definition) is 2. The van der Waals surface area contributed by atoms with Crippen molar-refractivity contribution in [3.8, 4) is 5.75 Å². The van der Waals surface area contributed by atoms with Crippen molar-refractivity contribution in [1.82, 2.24) is 9.21 Å². The van der Waals surface area contributed by atoms with Crippen LogP contribution in [-0.4, -0.2) is 68.3 Å². The van der Waals surface area contributed by atoms with E-state index in [0.717, 1.165) is 51.6 Å². The number of anilines is 1. The number of amides is 2. The standard InChI is InChI=1S/C24H38N4O5S/c1-18(2)33-22-10-9-20(34(31,32)28-13-4-3-5-14-28)15-21(22)26-24(30)17-27-12-6-7-19(16-27)8-11-23(25)29/h9-10,15,18-19H,3-8,11-14,16-17H2,1-2H3,(H2,25,29)(H,26,30). The Morgan fingerprint density at radius 1 is 1.15 bits per heavy atom. The fourth-order valence-electron chi connectivity index (χ4n) is 4.65. The molecule has 1 unspecified atom stereocenters. The highest BCUT2D eigenvalue weighted by atomic mass is 32.2. The summed E-state index contributed by atoms with van der Waals surface area (Å²) in [7, 11) is -3.64. The maximum absolute atomic E-state index is 13.2. The Morgan fingerprint density at radius 3 is 2.56 bits per heavy atom.